The molecule has 0 unspecified atom stereocenters. The molecule has 4 heteroatoms. The average Bonchev–Trinajstić information content (AvgIpc) is 2.58. The number of rotatable bonds is 4. The SMILES string of the molecule is COc1ccc2c(ccc3c(OC)c(OC)ccc32)c1OC. The highest BCUT2D eigenvalue weighted by Gasteiger charge is 2.14. The second-order valence-electron chi connectivity index (χ2n) is 4.86. The van der Waals surface area contributed by atoms with Crippen molar-refractivity contribution in [1.82, 2.24) is 0 Å². The van der Waals surface area contributed by atoms with Gasteiger partial charge >= 0.3 is 0 Å². The zero-order valence-corrected chi connectivity index (χ0v) is 13.1. The Bertz CT molecular complexity index is 769. The summed E-state index contributed by atoms with van der Waals surface area (Å²) >= 11 is 0. The molecule has 0 bridgehead atoms. The van der Waals surface area contributed by atoms with E-state index in [9.17, 15) is 0 Å². The van der Waals surface area contributed by atoms with Crippen LogP contribution in [0.25, 0.3) is 21.5 Å². The molecule has 0 aliphatic heterocycles. The number of fused-ring (bicyclic) bond motifs is 3. The van der Waals surface area contributed by atoms with Crippen LogP contribution >= 0.6 is 0 Å². The van der Waals surface area contributed by atoms with E-state index in [0.29, 0.717) is 0 Å². The highest BCUT2D eigenvalue weighted by atomic mass is 16.5. The number of hydrogen-bond donors (Lipinski definition) is 0. The van der Waals surface area contributed by atoms with Gasteiger partial charge in [-0.2, -0.15) is 0 Å². The Labute approximate surface area is 129 Å². The Morgan fingerprint density at radius 3 is 1.14 bits per heavy atom. The van der Waals surface area contributed by atoms with Crippen molar-refractivity contribution in [2.45, 2.75) is 0 Å². The molecule has 0 atom stereocenters. The third-order valence-electron chi connectivity index (χ3n) is 3.87. The summed E-state index contributed by atoms with van der Waals surface area (Å²) in [6.45, 7) is 0. The predicted octanol–water partition coefficient (Wildman–Crippen LogP) is 4.03. The lowest BCUT2D eigenvalue weighted by molar-refractivity contribution is 0.358. The fourth-order valence-electron chi connectivity index (χ4n) is 2.87. The van der Waals surface area contributed by atoms with Crippen molar-refractivity contribution >= 4 is 21.5 Å². The number of ether oxygens (including phenoxy) is 4. The third-order valence-corrected chi connectivity index (χ3v) is 3.87. The van der Waals surface area contributed by atoms with Crippen LogP contribution in [0.3, 0.4) is 0 Å². The van der Waals surface area contributed by atoms with Gasteiger partial charge in [-0.1, -0.05) is 0 Å². The van der Waals surface area contributed by atoms with Crippen LogP contribution in [-0.2, 0) is 0 Å². The summed E-state index contributed by atoms with van der Waals surface area (Å²) < 4.78 is 21.8. The van der Waals surface area contributed by atoms with Crippen LogP contribution in [0.2, 0.25) is 0 Å². The molecule has 0 spiro atoms. The first-order chi connectivity index (χ1) is 10.7. The zero-order valence-electron chi connectivity index (χ0n) is 13.1. The van der Waals surface area contributed by atoms with E-state index in [1.165, 1.54) is 0 Å². The molecule has 4 nitrogen and oxygen atoms in total. The van der Waals surface area contributed by atoms with Gasteiger partial charge in [-0.25, -0.2) is 0 Å². The van der Waals surface area contributed by atoms with Crippen molar-refractivity contribution in [2.75, 3.05) is 28.4 Å². The molecule has 3 rings (SSSR count). The van der Waals surface area contributed by atoms with Crippen LogP contribution in [0, 0.1) is 0 Å². The molecular weight excluding hydrogens is 280 g/mol. The first kappa shape index (κ1) is 14.3. The fourth-order valence-corrected chi connectivity index (χ4v) is 2.87. The average molecular weight is 298 g/mol. The summed E-state index contributed by atoms with van der Waals surface area (Å²) in [5.41, 5.74) is 0. The predicted molar refractivity (Wildman–Crippen MR) is 87.7 cm³/mol. The highest BCUT2D eigenvalue weighted by Crippen LogP contribution is 2.42. The van der Waals surface area contributed by atoms with E-state index >= 15 is 0 Å². The Balaban J connectivity index is 2.42. The lowest BCUT2D eigenvalue weighted by atomic mass is 10.00. The molecule has 0 heterocycles. The van der Waals surface area contributed by atoms with Gasteiger partial charge in [0.25, 0.3) is 0 Å². The van der Waals surface area contributed by atoms with Gasteiger partial charge in [-0.15, -0.1) is 0 Å². The molecule has 0 fully saturated rings. The summed E-state index contributed by atoms with van der Waals surface area (Å²) in [5.74, 6) is 2.90. The van der Waals surface area contributed by atoms with Crippen molar-refractivity contribution in [3.8, 4) is 23.0 Å². The maximum Gasteiger partial charge on any atom is 0.168 e. The highest BCUT2D eigenvalue weighted by molar-refractivity contribution is 6.12. The van der Waals surface area contributed by atoms with Crippen LogP contribution in [0.15, 0.2) is 36.4 Å². The largest absolute Gasteiger partial charge is 0.493 e. The van der Waals surface area contributed by atoms with Crippen LogP contribution in [0.5, 0.6) is 23.0 Å². The van der Waals surface area contributed by atoms with Crippen molar-refractivity contribution in [3.05, 3.63) is 36.4 Å². The first-order valence-electron chi connectivity index (χ1n) is 6.93. The second-order valence-corrected chi connectivity index (χ2v) is 4.86. The van der Waals surface area contributed by atoms with Crippen LogP contribution in [0.4, 0.5) is 0 Å². The first-order valence-corrected chi connectivity index (χ1v) is 6.93. The lowest BCUT2D eigenvalue weighted by Crippen LogP contribution is -1.94. The quantitative estimate of drug-likeness (QED) is 0.682. The van der Waals surface area contributed by atoms with Crippen molar-refractivity contribution < 1.29 is 18.9 Å². The minimum atomic E-state index is 0.717. The van der Waals surface area contributed by atoms with Gasteiger partial charge in [0.05, 0.1) is 28.4 Å². The van der Waals surface area contributed by atoms with Crippen LogP contribution in [0.1, 0.15) is 0 Å². The zero-order chi connectivity index (χ0) is 15.7. The molecule has 22 heavy (non-hydrogen) atoms. The summed E-state index contributed by atoms with van der Waals surface area (Å²) in [4.78, 5) is 0. The van der Waals surface area contributed by atoms with E-state index < -0.39 is 0 Å². The van der Waals surface area contributed by atoms with Gasteiger partial charge < -0.3 is 18.9 Å². The van der Waals surface area contributed by atoms with E-state index in [0.717, 1.165) is 44.5 Å². The summed E-state index contributed by atoms with van der Waals surface area (Å²) in [5, 5.41) is 4.16. The maximum absolute atomic E-state index is 5.52. The van der Waals surface area contributed by atoms with Gasteiger partial charge in [0.1, 0.15) is 0 Å². The van der Waals surface area contributed by atoms with Crippen LogP contribution in [-0.4, -0.2) is 28.4 Å². The van der Waals surface area contributed by atoms with Crippen LogP contribution < -0.4 is 18.9 Å². The number of methoxy groups -OCH3 is 4. The molecule has 3 aromatic carbocycles. The molecule has 114 valence electrons. The standard InChI is InChI=1S/C18H18O4/c1-19-15-9-7-11-12-8-10-16(20-2)18(22-4)14(12)6-5-13(11)17(15)21-3/h5-10H,1-4H3. The Kier molecular flexibility index (Phi) is 3.67. The number of benzene rings is 3. The van der Waals surface area contributed by atoms with E-state index in [-0.39, 0.29) is 0 Å². The molecule has 0 aliphatic carbocycles. The minimum absolute atomic E-state index is 0.717. The Morgan fingerprint density at radius 2 is 0.818 bits per heavy atom. The summed E-state index contributed by atoms with van der Waals surface area (Å²) in [6, 6.07) is 11.9. The van der Waals surface area contributed by atoms with Gasteiger partial charge in [0.2, 0.25) is 0 Å². The second kappa shape index (κ2) is 5.64. The fraction of sp³-hybridized carbons (Fsp3) is 0.222. The van der Waals surface area contributed by atoms with Gasteiger partial charge in [0.15, 0.2) is 23.0 Å². The van der Waals surface area contributed by atoms with E-state index in [4.69, 9.17) is 18.9 Å². The molecule has 0 saturated carbocycles. The molecule has 0 aliphatic rings. The minimum Gasteiger partial charge on any atom is -0.493 e. The molecule has 0 N–H and O–H groups in total. The lowest BCUT2D eigenvalue weighted by Gasteiger charge is -2.15. The Hall–Kier alpha value is -2.62. The molecule has 0 saturated heterocycles. The van der Waals surface area contributed by atoms with E-state index in [1.54, 1.807) is 28.4 Å². The van der Waals surface area contributed by atoms with Crippen molar-refractivity contribution in [3.63, 3.8) is 0 Å². The Morgan fingerprint density at radius 1 is 0.455 bits per heavy atom. The van der Waals surface area contributed by atoms with E-state index in [1.807, 2.05) is 36.4 Å². The topological polar surface area (TPSA) is 36.9 Å². The molecule has 0 radical (unpaired) electrons. The summed E-state index contributed by atoms with van der Waals surface area (Å²) in [7, 11) is 6.57. The smallest absolute Gasteiger partial charge is 0.168 e. The van der Waals surface area contributed by atoms with E-state index in [2.05, 4.69) is 0 Å². The van der Waals surface area contributed by atoms with Gasteiger partial charge in [-0.05, 0) is 47.2 Å². The maximum atomic E-state index is 5.52. The normalized spacial score (nSPS) is 10.7. The third kappa shape index (κ3) is 1.99. The monoisotopic (exact) mass is 298 g/mol. The molecular formula is C18H18O4. The molecule has 0 amide bonds. The van der Waals surface area contributed by atoms with Gasteiger partial charge in [-0.3, -0.25) is 0 Å². The van der Waals surface area contributed by atoms with Crippen molar-refractivity contribution in [2.24, 2.45) is 0 Å². The van der Waals surface area contributed by atoms with Crippen molar-refractivity contribution in [1.29, 1.82) is 0 Å². The molecule has 3 aromatic rings. The molecule has 0 aromatic heterocycles. The summed E-state index contributed by atoms with van der Waals surface area (Å²) in [6.07, 6.45) is 0. The van der Waals surface area contributed by atoms with Gasteiger partial charge in [0, 0.05) is 10.8 Å². The number of hydrogen-bond acceptors (Lipinski definition) is 4.